The summed E-state index contributed by atoms with van der Waals surface area (Å²) < 4.78 is 25.2. The number of hydrogen-bond acceptors (Lipinski definition) is 12. The van der Waals surface area contributed by atoms with E-state index in [1.807, 2.05) is 40.1 Å². The smallest absolute Gasteiger partial charge is 0.338 e. The third-order valence-corrected chi connectivity index (χ3v) is 13.6. The van der Waals surface area contributed by atoms with E-state index >= 15 is 0 Å². The molecule has 1 aliphatic carbocycles. The van der Waals surface area contributed by atoms with Gasteiger partial charge in [0.1, 0.15) is 24.4 Å². The number of alkyl halides is 3. The predicted molar refractivity (Wildman–Crippen MR) is 249 cm³/mol. The van der Waals surface area contributed by atoms with E-state index in [4.69, 9.17) is 58.5 Å². The van der Waals surface area contributed by atoms with Crippen molar-refractivity contribution in [2.24, 2.45) is 11.8 Å². The lowest BCUT2D eigenvalue weighted by molar-refractivity contribution is -0.171. The second-order valence-electron chi connectivity index (χ2n) is 16.8. The van der Waals surface area contributed by atoms with E-state index in [0.29, 0.717) is 18.5 Å². The number of aromatic amines is 1. The van der Waals surface area contributed by atoms with Gasteiger partial charge in [0, 0.05) is 79.3 Å². The third kappa shape index (κ3) is 9.52. The summed E-state index contributed by atoms with van der Waals surface area (Å²) >= 11 is 17.1. The zero-order chi connectivity index (χ0) is 46.7. The molecule has 1 spiro atoms. The molecule has 3 aromatic rings. The highest BCUT2D eigenvalue weighted by molar-refractivity contribution is 6.67. The molecule has 5 heterocycles. The summed E-state index contributed by atoms with van der Waals surface area (Å²) in [6.45, 7) is 10.5. The molecule has 2 aromatic carbocycles. The number of allylic oxidation sites excluding steroid dienone is 1. The summed E-state index contributed by atoms with van der Waals surface area (Å²) in [5, 5.41) is 0.853. The van der Waals surface area contributed by atoms with Gasteiger partial charge < -0.3 is 33.6 Å². The number of methoxy groups -OCH3 is 3. The number of carbonyl (C=O) groups excluding carboxylic acids is 4. The Morgan fingerprint density at radius 1 is 0.953 bits per heavy atom. The first-order chi connectivity index (χ1) is 30.6. The molecular formula is C48H61Cl3N4O9. The van der Waals surface area contributed by atoms with Gasteiger partial charge in [0.2, 0.25) is 3.79 Å². The first-order valence-corrected chi connectivity index (χ1v) is 23.1. The Morgan fingerprint density at radius 3 is 2.34 bits per heavy atom. The highest BCUT2D eigenvalue weighted by Crippen LogP contribution is 2.62. The molecule has 8 rings (SSSR count). The van der Waals surface area contributed by atoms with Gasteiger partial charge in [0.05, 0.1) is 38.9 Å². The molecule has 0 radical (unpaired) electrons. The third-order valence-electron chi connectivity index (χ3n) is 13.3. The number of halogens is 3. The number of carbonyl (C=O) groups is 4. The standard InChI is InChI=1S/C23H27Cl3N2O4.C23H28N2O5.C2H6/c1-4-14-6-5-7-16(22(30)31-3)20-18(12-28(2)11-14)17-10-15(8-9-19(17)27-20)21(29)32-13-23(24,25)26;1-13(26)30-19-15-6-5-10-25-11-9-23(20(15)25)16-8-7-14(28-3)12-17(16)24(2)21(23)18(19)22(27)29-4;1-2/h6,8-10,16,27H,4-5,7,11-13H2,1-3H3;5-8,12,15,18-21H,9-11H2,1-4H3;1-2H3/b14-6-;;/t;15?,18-,19?,20?,21?,23?;/m.0./s1. The van der Waals surface area contributed by atoms with E-state index in [1.165, 1.54) is 32.3 Å². The van der Waals surface area contributed by atoms with Crippen LogP contribution in [0.15, 0.2) is 60.2 Å². The molecule has 6 unspecified atom stereocenters. The monoisotopic (exact) mass is 942 g/mol. The van der Waals surface area contributed by atoms with Crippen LogP contribution in [0.1, 0.15) is 86.5 Å². The van der Waals surface area contributed by atoms with E-state index in [0.717, 1.165) is 72.5 Å². The Hall–Kier alpha value is -4.27. The number of ether oxygens (including phenoxy) is 5. The molecule has 1 saturated heterocycles. The van der Waals surface area contributed by atoms with Crippen LogP contribution in [-0.4, -0.2) is 122 Å². The topological polar surface area (TPSA) is 140 Å². The zero-order valence-electron chi connectivity index (χ0n) is 38.2. The first-order valence-electron chi connectivity index (χ1n) is 22.0. The van der Waals surface area contributed by atoms with Gasteiger partial charge in [0.15, 0.2) is 0 Å². The van der Waals surface area contributed by atoms with E-state index in [-0.39, 0.29) is 47.9 Å². The van der Waals surface area contributed by atoms with E-state index in [2.05, 4.69) is 50.9 Å². The van der Waals surface area contributed by atoms with Crippen LogP contribution in [-0.2, 0) is 45.3 Å². The maximum absolute atomic E-state index is 13.2. The Kier molecular flexibility index (Phi) is 15.7. The highest BCUT2D eigenvalue weighted by atomic mass is 35.6. The summed E-state index contributed by atoms with van der Waals surface area (Å²) in [5.74, 6) is -1.84. The highest BCUT2D eigenvalue weighted by Gasteiger charge is 2.70. The van der Waals surface area contributed by atoms with Gasteiger partial charge in [-0.1, -0.05) is 85.4 Å². The Morgan fingerprint density at radius 2 is 1.69 bits per heavy atom. The average molecular weight is 944 g/mol. The lowest BCUT2D eigenvalue weighted by Crippen LogP contribution is -2.69. The van der Waals surface area contributed by atoms with Crippen LogP contribution in [0.2, 0.25) is 0 Å². The van der Waals surface area contributed by atoms with Crippen molar-refractivity contribution in [1.82, 2.24) is 14.8 Å². The number of fused-ring (bicyclic) bond motifs is 4. The Labute approximate surface area is 391 Å². The summed E-state index contributed by atoms with van der Waals surface area (Å²) in [6, 6.07) is 11.4. The fourth-order valence-corrected chi connectivity index (χ4v) is 11.0. The molecule has 13 nitrogen and oxygen atoms in total. The molecule has 5 aliphatic rings. The second-order valence-corrected chi connectivity index (χ2v) is 19.3. The van der Waals surface area contributed by atoms with Crippen molar-refractivity contribution in [1.29, 1.82) is 0 Å². The van der Waals surface area contributed by atoms with Crippen molar-refractivity contribution < 1.29 is 42.9 Å². The number of likely N-dealkylation sites (N-methyl/N-ethyl adjacent to an activating group) is 2. The van der Waals surface area contributed by atoms with Crippen LogP contribution in [0.5, 0.6) is 5.75 Å². The van der Waals surface area contributed by atoms with E-state index in [1.54, 1.807) is 25.3 Å². The van der Waals surface area contributed by atoms with Crippen molar-refractivity contribution in [2.45, 2.75) is 93.2 Å². The summed E-state index contributed by atoms with van der Waals surface area (Å²) in [6.07, 6.45) is 9.26. The number of rotatable bonds is 7. The minimum absolute atomic E-state index is 0.0630. The first kappa shape index (κ1) is 49.2. The van der Waals surface area contributed by atoms with Crippen molar-refractivity contribution in [3.63, 3.8) is 0 Å². The number of anilines is 1. The molecule has 7 atom stereocenters. The van der Waals surface area contributed by atoms with Crippen LogP contribution in [0, 0.1) is 11.8 Å². The normalized spacial score (nSPS) is 26.8. The van der Waals surface area contributed by atoms with Crippen molar-refractivity contribution in [3.05, 3.63) is 82.6 Å². The summed E-state index contributed by atoms with van der Waals surface area (Å²) in [5.41, 5.74) is 6.38. The van der Waals surface area contributed by atoms with Crippen molar-refractivity contribution in [2.75, 3.05) is 66.6 Å². The lowest BCUT2D eigenvalue weighted by atomic mass is 9.56. The van der Waals surface area contributed by atoms with Gasteiger partial charge in [-0.25, -0.2) is 4.79 Å². The number of nitrogens with zero attached hydrogens (tertiary/aromatic N) is 3. The summed E-state index contributed by atoms with van der Waals surface area (Å²) in [7, 11) is 8.55. The number of hydrogen-bond donors (Lipinski definition) is 1. The molecule has 2 fully saturated rings. The molecule has 348 valence electrons. The van der Waals surface area contributed by atoms with Gasteiger partial charge in [-0.15, -0.1) is 0 Å². The Bertz CT molecular complexity index is 2270. The van der Waals surface area contributed by atoms with E-state index in [9.17, 15) is 19.2 Å². The number of H-pyrrole nitrogens is 1. The largest absolute Gasteiger partial charge is 0.497 e. The van der Waals surface area contributed by atoms with Crippen molar-refractivity contribution >= 4 is 75.3 Å². The van der Waals surface area contributed by atoms with Crippen molar-refractivity contribution in [3.8, 4) is 5.75 Å². The van der Waals surface area contributed by atoms with Gasteiger partial charge in [-0.2, -0.15) is 0 Å². The van der Waals surface area contributed by atoms with Gasteiger partial charge in [-0.05, 0) is 74.7 Å². The molecule has 16 heteroatoms. The molecule has 4 aliphatic heterocycles. The maximum atomic E-state index is 13.2. The molecule has 0 bridgehead atoms. The second kappa shape index (κ2) is 20.5. The fourth-order valence-electron chi connectivity index (χ4n) is 10.9. The number of esters is 4. The minimum atomic E-state index is -1.68. The van der Waals surface area contributed by atoms with Crippen LogP contribution >= 0.6 is 34.8 Å². The average Bonchev–Trinajstić information content (AvgIpc) is 3.93. The molecule has 1 saturated carbocycles. The van der Waals surface area contributed by atoms with Gasteiger partial charge in [-0.3, -0.25) is 24.2 Å². The molecule has 0 amide bonds. The van der Waals surface area contributed by atoms with Crippen LogP contribution in [0.3, 0.4) is 0 Å². The molecule has 1 aromatic heterocycles. The minimum Gasteiger partial charge on any atom is -0.497 e. The lowest BCUT2D eigenvalue weighted by Gasteiger charge is -2.55. The van der Waals surface area contributed by atoms with Gasteiger partial charge >= 0.3 is 23.9 Å². The summed E-state index contributed by atoms with van der Waals surface area (Å²) in [4.78, 5) is 60.7. The molecule has 1 N–H and O–H groups in total. The van der Waals surface area contributed by atoms with Crippen LogP contribution in [0.4, 0.5) is 5.69 Å². The maximum Gasteiger partial charge on any atom is 0.338 e. The molecule has 64 heavy (non-hydrogen) atoms. The van der Waals surface area contributed by atoms with E-state index < -0.39 is 27.7 Å². The Balaban J connectivity index is 0.000000205. The fraction of sp³-hybridized carbons (Fsp3) is 0.542. The van der Waals surface area contributed by atoms with Crippen LogP contribution in [0.25, 0.3) is 10.9 Å². The molecular weight excluding hydrogens is 883 g/mol. The zero-order valence-corrected chi connectivity index (χ0v) is 40.4. The predicted octanol–water partition coefficient (Wildman–Crippen LogP) is 8.29. The SMILES string of the molecule is CC.CC/C1=C/CCC(C(=O)OC)c2[nH]c3ccc(C(=O)OCC(Cl)(Cl)Cl)cc3c2CN(C)C1.COC(=O)[C@H]1C(OC(C)=O)C2C=CCN3CCC4(c5ccc(OC)cc5N(C)C14)C23. The van der Waals surface area contributed by atoms with Crippen LogP contribution < -0.4 is 9.64 Å². The number of nitrogens with one attached hydrogen (secondary N) is 1. The number of benzene rings is 2. The van der Waals surface area contributed by atoms with Gasteiger partial charge in [0.25, 0.3) is 0 Å². The number of aromatic nitrogens is 1. The quantitative estimate of drug-likeness (QED) is 0.106.